The standard InChI is InChI=1S/C25H32ClN3O2/c1-3-15-25(4-2)17-22(14-16-29(25)18-19-8-6-5-7-9-19)28-24(31)23(30)27-21-12-10-20(26)11-13-21/h5-13,22H,3-4,14-18H2,1-2H3,(H,27,30)(H,28,31). The molecule has 2 unspecified atom stereocenters. The van der Waals surface area contributed by atoms with E-state index in [2.05, 4.69) is 53.6 Å². The Balaban J connectivity index is 1.64. The number of carbonyl (C=O) groups excluding carboxylic acids is 2. The number of carbonyl (C=O) groups is 2. The molecule has 2 N–H and O–H groups in total. The number of hydrogen-bond acceptors (Lipinski definition) is 3. The molecule has 0 bridgehead atoms. The van der Waals surface area contributed by atoms with E-state index in [-0.39, 0.29) is 11.6 Å². The highest BCUT2D eigenvalue weighted by molar-refractivity contribution is 6.39. The van der Waals surface area contributed by atoms with Gasteiger partial charge in [0.1, 0.15) is 0 Å². The van der Waals surface area contributed by atoms with Gasteiger partial charge in [-0.15, -0.1) is 0 Å². The number of nitrogens with zero attached hydrogens (tertiary/aromatic N) is 1. The van der Waals surface area contributed by atoms with Crippen LogP contribution in [0.25, 0.3) is 0 Å². The number of hydrogen-bond donors (Lipinski definition) is 2. The Morgan fingerprint density at radius 2 is 1.77 bits per heavy atom. The van der Waals surface area contributed by atoms with Gasteiger partial charge in [0, 0.05) is 35.4 Å². The lowest BCUT2D eigenvalue weighted by Gasteiger charge is -2.50. The van der Waals surface area contributed by atoms with Crippen molar-refractivity contribution in [1.29, 1.82) is 0 Å². The van der Waals surface area contributed by atoms with E-state index in [0.29, 0.717) is 10.7 Å². The fourth-order valence-corrected chi connectivity index (χ4v) is 4.78. The number of nitrogens with one attached hydrogen (secondary N) is 2. The summed E-state index contributed by atoms with van der Waals surface area (Å²) in [7, 11) is 0. The molecule has 1 aliphatic rings. The number of rotatable bonds is 7. The second-order valence-electron chi connectivity index (χ2n) is 8.36. The third-order valence-electron chi connectivity index (χ3n) is 6.28. The maximum atomic E-state index is 12.5. The van der Waals surface area contributed by atoms with Crippen molar-refractivity contribution in [2.75, 3.05) is 11.9 Å². The van der Waals surface area contributed by atoms with Crippen molar-refractivity contribution < 1.29 is 9.59 Å². The molecule has 166 valence electrons. The molecule has 2 atom stereocenters. The zero-order chi connectivity index (χ0) is 22.3. The normalized spacial score (nSPS) is 21.5. The minimum atomic E-state index is -0.647. The lowest BCUT2D eigenvalue weighted by Crippen LogP contribution is -2.58. The predicted octanol–water partition coefficient (Wildman–Crippen LogP) is 5.01. The van der Waals surface area contributed by atoms with Crippen LogP contribution in [-0.4, -0.2) is 34.8 Å². The van der Waals surface area contributed by atoms with E-state index in [0.717, 1.165) is 45.2 Å². The van der Waals surface area contributed by atoms with Gasteiger partial charge in [-0.3, -0.25) is 14.5 Å². The van der Waals surface area contributed by atoms with Gasteiger partial charge in [-0.05, 0) is 55.5 Å². The van der Waals surface area contributed by atoms with Gasteiger partial charge >= 0.3 is 11.8 Å². The lowest BCUT2D eigenvalue weighted by atomic mass is 9.78. The van der Waals surface area contributed by atoms with Crippen LogP contribution in [0.15, 0.2) is 54.6 Å². The summed E-state index contributed by atoms with van der Waals surface area (Å²) in [6.07, 6.45) is 4.84. The number of likely N-dealkylation sites (tertiary alicyclic amines) is 1. The Morgan fingerprint density at radius 1 is 1.06 bits per heavy atom. The van der Waals surface area contributed by atoms with Crippen LogP contribution in [0.3, 0.4) is 0 Å². The first-order valence-electron chi connectivity index (χ1n) is 11.1. The van der Waals surface area contributed by atoms with E-state index in [1.165, 1.54) is 5.56 Å². The van der Waals surface area contributed by atoms with E-state index in [1.54, 1.807) is 24.3 Å². The van der Waals surface area contributed by atoms with Gasteiger partial charge in [0.15, 0.2) is 0 Å². The second kappa shape index (κ2) is 10.8. The Kier molecular flexibility index (Phi) is 8.10. The van der Waals surface area contributed by atoms with Crippen LogP contribution < -0.4 is 10.6 Å². The molecule has 1 aliphatic heterocycles. The Hall–Kier alpha value is -2.37. The smallest absolute Gasteiger partial charge is 0.313 e. The largest absolute Gasteiger partial charge is 0.345 e. The molecule has 0 saturated carbocycles. The molecular formula is C25H32ClN3O2. The third kappa shape index (κ3) is 6.08. The highest BCUT2D eigenvalue weighted by atomic mass is 35.5. The van der Waals surface area contributed by atoms with Gasteiger partial charge in [-0.25, -0.2) is 0 Å². The quantitative estimate of drug-likeness (QED) is 0.594. The molecule has 2 aromatic rings. The van der Waals surface area contributed by atoms with Crippen molar-refractivity contribution in [3.63, 3.8) is 0 Å². The molecule has 1 saturated heterocycles. The van der Waals surface area contributed by atoms with Gasteiger partial charge in [-0.2, -0.15) is 0 Å². The average molecular weight is 442 g/mol. The Labute approximate surface area is 190 Å². The van der Waals surface area contributed by atoms with Gasteiger partial charge in [-0.1, -0.05) is 62.2 Å². The van der Waals surface area contributed by atoms with Crippen molar-refractivity contribution in [1.82, 2.24) is 10.2 Å². The van der Waals surface area contributed by atoms with Crippen LogP contribution in [0.4, 0.5) is 5.69 Å². The lowest BCUT2D eigenvalue weighted by molar-refractivity contribution is -0.137. The van der Waals surface area contributed by atoms with Gasteiger partial charge in [0.25, 0.3) is 0 Å². The van der Waals surface area contributed by atoms with Crippen molar-refractivity contribution in [3.8, 4) is 0 Å². The Bertz CT molecular complexity index is 872. The van der Waals surface area contributed by atoms with Crippen LogP contribution >= 0.6 is 11.6 Å². The van der Waals surface area contributed by atoms with Gasteiger partial charge < -0.3 is 10.6 Å². The average Bonchev–Trinajstić information content (AvgIpc) is 2.78. The summed E-state index contributed by atoms with van der Waals surface area (Å²) >= 11 is 5.87. The fraction of sp³-hybridized carbons (Fsp3) is 0.440. The first-order chi connectivity index (χ1) is 15.0. The van der Waals surface area contributed by atoms with E-state index in [9.17, 15) is 9.59 Å². The van der Waals surface area contributed by atoms with Gasteiger partial charge in [0.2, 0.25) is 0 Å². The molecule has 2 amide bonds. The summed E-state index contributed by atoms with van der Waals surface area (Å²) in [6, 6.07) is 17.2. The van der Waals surface area contributed by atoms with E-state index in [4.69, 9.17) is 11.6 Å². The molecule has 1 heterocycles. The third-order valence-corrected chi connectivity index (χ3v) is 6.53. The molecule has 0 radical (unpaired) electrons. The number of anilines is 1. The predicted molar refractivity (Wildman–Crippen MR) is 126 cm³/mol. The fourth-order valence-electron chi connectivity index (χ4n) is 4.65. The maximum absolute atomic E-state index is 12.5. The van der Waals surface area contributed by atoms with Crippen molar-refractivity contribution in [2.45, 2.75) is 64.1 Å². The number of halogens is 1. The molecular weight excluding hydrogens is 410 g/mol. The summed E-state index contributed by atoms with van der Waals surface area (Å²) in [5, 5.41) is 6.20. The minimum Gasteiger partial charge on any atom is -0.345 e. The Morgan fingerprint density at radius 3 is 2.42 bits per heavy atom. The summed E-state index contributed by atoms with van der Waals surface area (Å²) < 4.78 is 0. The summed E-state index contributed by atoms with van der Waals surface area (Å²) in [6.45, 7) is 6.24. The van der Waals surface area contributed by atoms with E-state index < -0.39 is 11.8 Å². The summed E-state index contributed by atoms with van der Waals surface area (Å²) in [5.74, 6) is -1.23. The molecule has 5 nitrogen and oxygen atoms in total. The van der Waals surface area contributed by atoms with Crippen LogP contribution in [-0.2, 0) is 16.1 Å². The zero-order valence-electron chi connectivity index (χ0n) is 18.4. The molecule has 0 aromatic heterocycles. The zero-order valence-corrected chi connectivity index (χ0v) is 19.1. The first-order valence-corrected chi connectivity index (χ1v) is 11.5. The van der Waals surface area contributed by atoms with Crippen LogP contribution in [0.1, 0.15) is 51.5 Å². The second-order valence-corrected chi connectivity index (χ2v) is 8.80. The van der Waals surface area contributed by atoms with E-state index in [1.807, 2.05) is 6.07 Å². The molecule has 0 aliphatic carbocycles. The van der Waals surface area contributed by atoms with Crippen molar-refractivity contribution in [3.05, 3.63) is 65.2 Å². The number of piperidine rings is 1. The molecule has 0 spiro atoms. The molecule has 1 fully saturated rings. The number of benzene rings is 2. The minimum absolute atomic E-state index is 0.0120. The molecule has 3 rings (SSSR count). The maximum Gasteiger partial charge on any atom is 0.313 e. The highest BCUT2D eigenvalue weighted by Gasteiger charge is 2.41. The monoisotopic (exact) mass is 441 g/mol. The van der Waals surface area contributed by atoms with Crippen LogP contribution in [0, 0.1) is 0 Å². The van der Waals surface area contributed by atoms with Crippen LogP contribution in [0.5, 0.6) is 0 Å². The highest BCUT2D eigenvalue weighted by Crippen LogP contribution is 2.36. The van der Waals surface area contributed by atoms with Crippen molar-refractivity contribution >= 4 is 29.1 Å². The van der Waals surface area contributed by atoms with Crippen molar-refractivity contribution in [2.24, 2.45) is 0 Å². The van der Waals surface area contributed by atoms with E-state index >= 15 is 0 Å². The van der Waals surface area contributed by atoms with Gasteiger partial charge in [0.05, 0.1) is 0 Å². The number of amides is 2. The van der Waals surface area contributed by atoms with Crippen LogP contribution in [0.2, 0.25) is 5.02 Å². The summed E-state index contributed by atoms with van der Waals surface area (Å²) in [5.41, 5.74) is 1.88. The SMILES string of the molecule is CCCC1(CC)CC(NC(=O)C(=O)Nc2ccc(Cl)cc2)CCN1Cc1ccccc1. The summed E-state index contributed by atoms with van der Waals surface area (Å²) in [4.78, 5) is 27.5. The topological polar surface area (TPSA) is 61.4 Å². The molecule has 31 heavy (non-hydrogen) atoms. The molecule has 6 heteroatoms. The molecule has 2 aromatic carbocycles. The first kappa shape index (κ1) is 23.3.